The van der Waals surface area contributed by atoms with Crippen LogP contribution in [0, 0.1) is 22.2 Å². The number of rotatable bonds is 0. The monoisotopic (exact) mass is 205 g/mol. The van der Waals surface area contributed by atoms with Crippen molar-refractivity contribution in [2.45, 2.75) is 59.8 Å². The Kier molecular flexibility index (Phi) is 1.49. The molecule has 3 aliphatic carbocycles. The van der Waals surface area contributed by atoms with Crippen molar-refractivity contribution in [2.75, 3.05) is 0 Å². The Hall–Kier alpha value is -0.260. The van der Waals surface area contributed by atoms with E-state index >= 15 is 0 Å². The largest absolute Gasteiger partial charge is 0.0788 e. The van der Waals surface area contributed by atoms with Crippen LogP contribution in [-0.2, 0) is 0 Å². The van der Waals surface area contributed by atoms with E-state index in [4.69, 9.17) is 1.37 Å². The van der Waals surface area contributed by atoms with Gasteiger partial charge in [0.1, 0.15) is 0 Å². The van der Waals surface area contributed by atoms with Crippen LogP contribution in [0.1, 0.15) is 61.1 Å². The molecule has 0 nitrogen and oxygen atoms in total. The molecule has 2 saturated carbocycles. The summed E-state index contributed by atoms with van der Waals surface area (Å²) in [6.45, 7) is 7.75. The predicted octanol–water partition coefficient (Wildman–Crippen LogP) is 4.56. The second-order valence-electron chi connectivity index (χ2n) is 6.59. The minimum absolute atomic E-state index is 0.165. The second kappa shape index (κ2) is 2.52. The summed E-state index contributed by atoms with van der Waals surface area (Å²) < 4.78 is 8.00. The molecular formula is C15H24. The van der Waals surface area contributed by atoms with Crippen LogP contribution in [0.5, 0.6) is 0 Å². The van der Waals surface area contributed by atoms with Gasteiger partial charge in [-0.1, -0.05) is 38.8 Å². The lowest BCUT2D eigenvalue weighted by molar-refractivity contribution is 0.0447. The molecular weight excluding hydrogens is 180 g/mol. The van der Waals surface area contributed by atoms with Crippen molar-refractivity contribution in [3.8, 4) is 0 Å². The van der Waals surface area contributed by atoms with Gasteiger partial charge in [0.2, 0.25) is 0 Å². The topological polar surface area (TPSA) is 0 Å². The molecule has 2 fully saturated rings. The van der Waals surface area contributed by atoms with Crippen molar-refractivity contribution in [1.82, 2.24) is 0 Å². The summed E-state index contributed by atoms with van der Waals surface area (Å²) in [4.78, 5) is 0. The molecule has 0 spiro atoms. The zero-order chi connectivity index (χ0) is 11.6. The number of hydrogen-bond acceptors (Lipinski definition) is 0. The minimum atomic E-state index is 0.165. The highest BCUT2D eigenvalue weighted by atomic mass is 14.7. The van der Waals surface area contributed by atoms with Crippen molar-refractivity contribution in [1.29, 1.82) is 0 Å². The summed E-state index contributed by atoms with van der Waals surface area (Å²) in [5, 5.41) is 0. The zero-order valence-corrected chi connectivity index (χ0v) is 10.4. The van der Waals surface area contributed by atoms with Gasteiger partial charge in [-0.05, 0) is 54.8 Å². The smallest absolute Gasteiger partial charge is 0.0239 e. The van der Waals surface area contributed by atoms with Gasteiger partial charge in [-0.25, -0.2) is 0 Å². The minimum Gasteiger partial charge on any atom is -0.0788 e. The summed E-state index contributed by atoms with van der Waals surface area (Å²) in [5.41, 5.74) is 2.75. The first kappa shape index (κ1) is 8.84. The van der Waals surface area contributed by atoms with E-state index in [9.17, 15) is 0 Å². The van der Waals surface area contributed by atoms with Crippen LogP contribution in [0.3, 0.4) is 0 Å². The Morgan fingerprint density at radius 1 is 1.40 bits per heavy atom. The van der Waals surface area contributed by atoms with Crippen LogP contribution >= 0.6 is 0 Å². The molecule has 0 heteroatoms. The maximum absolute atomic E-state index is 8.00. The van der Waals surface area contributed by atoms with E-state index in [0.29, 0.717) is 17.7 Å². The van der Waals surface area contributed by atoms with E-state index in [2.05, 4.69) is 26.8 Å². The lowest BCUT2D eigenvalue weighted by Gasteiger charge is -2.46. The molecule has 0 aliphatic heterocycles. The third-order valence-corrected chi connectivity index (χ3v) is 6.21. The van der Waals surface area contributed by atoms with Crippen LogP contribution in [0.25, 0.3) is 0 Å². The van der Waals surface area contributed by atoms with Gasteiger partial charge in [0, 0.05) is 1.37 Å². The molecule has 0 N–H and O–H groups in total. The Labute approximate surface area is 95.5 Å². The van der Waals surface area contributed by atoms with Gasteiger partial charge in [0.15, 0.2) is 0 Å². The van der Waals surface area contributed by atoms with E-state index in [1.165, 1.54) is 32.1 Å². The highest BCUT2D eigenvalue weighted by Gasteiger charge is 2.69. The van der Waals surface area contributed by atoms with E-state index in [-0.39, 0.29) is 5.41 Å². The quantitative estimate of drug-likeness (QED) is 0.509. The molecule has 84 valence electrons. The average Bonchev–Trinajstić information content (AvgIpc) is 2.81. The van der Waals surface area contributed by atoms with Gasteiger partial charge in [0.05, 0.1) is 0 Å². The number of allylic oxidation sites excluding steroid dienone is 2. The van der Waals surface area contributed by atoms with Crippen LogP contribution in [-0.4, -0.2) is 0 Å². The van der Waals surface area contributed by atoms with Gasteiger partial charge in [-0.3, -0.25) is 0 Å². The van der Waals surface area contributed by atoms with Crippen molar-refractivity contribution >= 4 is 0 Å². The van der Waals surface area contributed by atoms with E-state index in [1.807, 2.05) is 0 Å². The van der Waals surface area contributed by atoms with Crippen LogP contribution in [0.2, 0.25) is 0 Å². The first-order chi connectivity index (χ1) is 7.52. The standard InChI is InChI=1S/C15H24/c1-11-6-9-14-7-5-8-15(11,14)12(2)10-13(14,3)4/h10-11H,5-9H2,1-4H3/t11-,14+,15-/m1/s1/i3D/t11-,13-,14+,15-. The first-order valence-electron chi connectivity index (χ1n) is 7.22. The average molecular weight is 205 g/mol. The lowest BCUT2D eigenvalue weighted by Crippen LogP contribution is -2.41. The highest BCUT2D eigenvalue weighted by molar-refractivity contribution is 5.37. The molecule has 3 rings (SSSR count). The molecule has 0 aromatic carbocycles. The fourth-order valence-electron chi connectivity index (χ4n) is 5.70. The molecule has 0 aromatic rings. The molecule has 0 aromatic heterocycles. The fourth-order valence-corrected chi connectivity index (χ4v) is 5.70. The van der Waals surface area contributed by atoms with Crippen LogP contribution < -0.4 is 0 Å². The third kappa shape index (κ3) is 0.797. The zero-order valence-electron chi connectivity index (χ0n) is 11.4. The molecule has 0 heterocycles. The van der Waals surface area contributed by atoms with E-state index in [0.717, 1.165) is 5.92 Å². The van der Waals surface area contributed by atoms with Crippen molar-refractivity contribution in [3.05, 3.63) is 11.6 Å². The first-order valence-corrected chi connectivity index (χ1v) is 6.52. The van der Waals surface area contributed by atoms with Gasteiger partial charge in [-0.15, -0.1) is 0 Å². The number of hydrogen-bond donors (Lipinski definition) is 0. The van der Waals surface area contributed by atoms with E-state index in [1.54, 1.807) is 5.57 Å². The maximum atomic E-state index is 8.00. The Bertz CT molecular complexity index is 358. The molecule has 3 aliphatic rings. The molecule has 15 heavy (non-hydrogen) atoms. The van der Waals surface area contributed by atoms with Crippen molar-refractivity contribution in [2.24, 2.45) is 22.2 Å². The summed E-state index contributed by atoms with van der Waals surface area (Å²) >= 11 is 0. The van der Waals surface area contributed by atoms with Crippen molar-refractivity contribution < 1.29 is 1.37 Å². The van der Waals surface area contributed by atoms with Crippen LogP contribution in [0.15, 0.2) is 11.6 Å². The van der Waals surface area contributed by atoms with Gasteiger partial charge >= 0.3 is 0 Å². The summed E-state index contributed by atoms with van der Waals surface area (Å²) in [5.74, 6) is 0.847. The van der Waals surface area contributed by atoms with Gasteiger partial charge in [-0.2, -0.15) is 0 Å². The fraction of sp³-hybridized carbons (Fsp3) is 0.867. The molecule has 4 atom stereocenters. The lowest BCUT2D eigenvalue weighted by atomic mass is 9.57. The molecule has 0 unspecified atom stereocenters. The Morgan fingerprint density at radius 2 is 2.20 bits per heavy atom. The summed E-state index contributed by atoms with van der Waals surface area (Å²) in [6.07, 6.45) is 9.41. The predicted molar refractivity (Wildman–Crippen MR) is 64.7 cm³/mol. The Balaban J connectivity index is 2.20. The summed E-state index contributed by atoms with van der Waals surface area (Å²) in [7, 11) is 0. The second-order valence-corrected chi connectivity index (χ2v) is 6.59. The SMILES string of the molecule is [2H]C[C@@]1(C)C=C(C)[C@]23CCC[C@@]21CC[C@H]3C. The van der Waals surface area contributed by atoms with Gasteiger partial charge in [0.25, 0.3) is 0 Å². The molecule has 0 amide bonds. The third-order valence-electron chi connectivity index (χ3n) is 6.21. The molecule has 0 saturated heterocycles. The van der Waals surface area contributed by atoms with Crippen LogP contribution in [0.4, 0.5) is 0 Å². The maximum Gasteiger partial charge on any atom is 0.0239 e. The Morgan fingerprint density at radius 3 is 2.93 bits per heavy atom. The van der Waals surface area contributed by atoms with Gasteiger partial charge < -0.3 is 0 Å². The molecule has 0 radical (unpaired) electrons. The summed E-state index contributed by atoms with van der Waals surface area (Å²) in [6, 6.07) is 0. The van der Waals surface area contributed by atoms with E-state index < -0.39 is 0 Å². The molecule has 0 bridgehead atoms. The highest BCUT2D eigenvalue weighted by Crippen LogP contribution is 2.77. The van der Waals surface area contributed by atoms with Crippen molar-refractivity contribution in [3.63, 3.8) is 0 Å². The normalized spacial score (nSPS) is 58.7.